The maximum atomic E-state index is 6.40. The highest BCUT2D eigenvalue weighted by atomic mass is 28.5. The molecule has 0 N–H and O–H groups in total. The standard InChI is InChI=1S/C15H32O4Si4/c1-20(2,3)17-22(6,7)19-23(8,9)18-21(4,5)16-15-13-11-10-12-14-15/h10-14H,1-9H3. The summed E-state index contributed by atoms with van der Waals surface area (Å²) in [5, 5.41) is 0. The molecular weight excluding hydrogens is 357 g/mol. The van der Waals surface area contributed by atoms with Crippen molar-refractivity contribution >= 4 is 34.0 Å². The number of benzene rings is 1. The van der Waals surface area contributed by atoms with Gasteiger partial charge in [0.2, 0.25) is 0 Å². The van der Waals surface area contributed by atoms with Crippen LogP contribution >= 0.6 is 0 Å². The van der Waals surface area contributed by atoms with Crippen LogP contribution in [0.4, 0.5) is 0 Å². The zero-order chi connectivity index (χ0) is 17.9. The maximum absolute atomic E-state index is 6.40. The zero-order valence-electron chi connectivity index (χ0n) is 16.0. The van der Waals surface area contributed by atoms with Crippen molar-refractivity contribution in [2.24, 2.45) is 0 Å². The first kappa shape index (κ1) is 20.8. The average Bonchev–Trinajstić information content (AvgIpc) is 2.21. The smallest absolute Gasteiger partial charge is 0.383 e. The van der Waals surface area contributed by atoms with Gasteiger partial charge >= 0.3 is 25.7 Å². The second-order valence-corrected chi connectivity index (χ2v) is 23.3. The summed E-state index contributed by atoms with van der Waals surface area (Å²) < 4.78 is 25.2. The minimum Gasteiger partial charge on any atom is -0.521 e. The lowest BCUT2D eigenvalue weighted by Crippen LogP contribution is -2.57. The first-order chi connectivity index (χ1) is 10.2. The lowest BCUT2D eigenvalue weighted by atomic mass is 10.3. The lowest BCUT2D eigenvalue weighted by Gasteiger charge is -2.39. The number of para-hydroxylation sites is 1. The van der Waals surface area contributed by atoms with E-state index in [1.165, 1.54) is 0 Å². The molecule has 0 aliphatic carbocycles. The van der Waals surface area contributed by atoms with Crippen LogP contribution in [0.25, 0.3) is 0 Å². The van der Waals surface area contributed by atoms with Crippen molar-refractivity contribution in [2.75, 3.05) is 0 Å². The second kappa shape index (κ2) is 7.34. The van der Waals surface area contributed by atoms with Gasteiger partial charge in [-0.05, 0) is 71.1 Å². The van der Waals surface area contributed by atoms with Crippen molar-refractivity contribution in [1.29, 1.82) is 0 Å². The highest BCUT2D eigenvalue weighted by Crippen LogP contribution is 2.25. The molecule has 8 heteroatoms. The third kappa shape index (κ3) is 8.99. The fourth-order valence-corrected chi connectivity index (χ4v) is 20.1. The van der Waals surface area contributed by atoms with Crippen molar-refractivity contribution in [2.45, 2.75) is 58.9 Å². The fraction of sp³-hybridized carbons (Fsp3) is 0.600. The molecule has 0 aromatic heterocycles. The summed E-state index contributed by atoms with van der Waals surface area (Å²) in [7, 11) is -8.48. The minimum absolute atomic E-state index is 0.851. The van der Waals surface area contributed by atoms with E-state index in [2.05, 4.69) is 58.9 Å². The molecule has 0 unspecified atom stereocenters. The van der Waals surface area contributed by atoms with Gasteiger partial charge in [0.25, 0.3) is 0 Å². The van der Waals surface area contributed by atoms with Gasteiger partial charge in [-0.2, -0.15) is 0 Å². The van der Waals surface area contributed by atoms with E-state index in [0.717, 1.165) is 5.75 Å². The molecule has 0 spiro atoms. The van der Waals surface area contributed by atoms with Gasteiger partial charge in [0, 0.05) is 0 Å². The molecule has 0 radical (unpaired) electrons. The predicted molar refractivity (Wildman–Crippen MR) is 106 cm³/mol. The Labute approximate surface area is 146 Å². The summed E-state index contributed by atoms with van der Waals surface area (Å²) in [5.41, 5.74) is 0. The van der Waals surface area contributed by atoms with E-state index in [-0.39, 0.29) is 0 Å². The normalized spacial score (nSPS) is 14.0. The first-order valence-corrected chi connectivity index (χ1v) is 19.9. The highest BCUT2D eigenvalue weighted by molar-refractivity contribution is 6.88. The maximum Gasteiger partial charge on any atom is 0.383 e. The van der Waals surface area contributed by atoms with Gasteiger partial charge in [-0.3, -0.25) is 0 Å². The number of hydrogen-bond donors (Lipinski definition) is 0. The summed E-state index contributed by atoms with van der Waals surface area (Å²) in [4.78, 5) is 0. The Morgan fingerprint density at radius 2 is 1.00 bits per heavy atom. The summed E-state index contributed by atoms with van der Waals surface area (Å²) in [5.74, 6) is 0.851. The van der Waals surface area contributed by atoms with Crippen molar-refractivity contribution in [1.82, 2.24) is 0 Å². The molecular formula is C15H32O4Si4. The summed E-state index contributed by atoms with van der Waals surface area (Å²) in [6, 6.07) is 9.83. The molecule has 0 bridgehead atoms. The monoisotopic (exact) mass is 388 g/mol. The molecule has 4 nitrogen and oxygen atoms in total. The van der Waals surface area contributed by atoms with Crippen LogP contribution in [0.2, 0.25) is 58.9 Å². The SMILES string of the molecule is C[Si](C)(C)O[Si](C)(C)O[Si](C)(C)O[Si](C)(C)Oc1ccccc1. The molecule has 0 saturated heterocycles. The van der Waals surface area contributed by atoms with Gasteiger partial charge < -0.3 is 16.8 Å². The van der Waals surface area contributed by atoms with Gasteiger partial charge in [0.1, 0.15) is 5.75 Å². The van der Waals surface area contributed by atoms with E-state index in [1.807, 2.05) is 30.3 Å². The summed E-state index contributed by atoms with van der Waals surface area (Å²) in [6.07, 6.45) is 0. The van der Waals surface area contributed by atoms with Gasteiger partial charge in [-0.15, -0.1) is 0 Å². The van der Waals surface area contributed by atoms with Gasteiger partial charge in [-0.1, -0.05) is 18.2 Å². The zero-order valence-corrected chi connectivity index (χ0v) is 20.0. The first-order valence-electron chi connectivity index (χ1n) is 8.04. The van der Waals surface area contributed by atoms with Crippen LogP contribution in [-0.4, -0.2) is 34.0 Å². The second-order valence-electron chi connectivity index (χ2n) is 8.03. The van der Waals surface area contributed by atoms with Gasteiger partial charge in [0.15, 0.2) is 8.32 Å². The van der Waals surface area contributed by atoms with Crippen molar-refractivity contribution < 1.29 is 16.8 Å². The Balaban J connectivity index is 2.72. The highest BCUT2D eigenvalue weighted by Gasteiger charge is 2.43. The van der Waals surface area contributed by atoms with Crippen LogP contribution in [0, 0.1) is 0 Å². The molecule has 0 atom stereocenters. The van der Waals surface area contributed by atoms with E-state index in [9.17, 15) is 0 Å². The Bertz CT molecular complexity index is 498. The largest absolute Gasteiger partial charge is 0.521 e. The van der Waals surface area contributed by atoms with Crippen molar-refractivity contribution in [3.05, 3.63) is 30.3 Å². The van der Waals surface area contributed by atoms with E-state index < -0.39 is 34.0 Å². The average molecular weight is 389 g/mol. The minimum atomic E-state index is -2.33. The topological polar surface area (TPSA) is 36.9 Å². The Hall–Kier alpha value is -0.232. The summed E-state index contributed by atoms with van der Waals surface area (Å²) >= 11 is 0. The van der Waals surface area contributed by atoms with Crippen molar-refractivity contribution in [3.63, 3.8) is 0 Å². The summed E-state index contributed by atoms with van der Waals surface area (Å²) in [6.45, 7) is 19.1. The third-order valence-corrected chi connectivity index (χ3v) is 15.7. The van der Waals surface area contributed by atoms with Crippen LogP contribution in [-0.2, 0) is 12.3 Å². The Kier molecular flexibility index (Phi) is 6.64. The van der Waals surface area contributed by atoms with Gasteiger partial charge in [-0.25, -0.2) is 0 Å². The molecule has 0 aliphatic rings. The van der Waals surface area contributed by atoms with Crippen LogP contribution in [0.3, 0.4) is 0 Å². The van der Waals surface area contributed by atoms with Crippen LogP contribution in [0.15, 0.2) is 30.3 Å². The predicted octanol–water partition coefficient (Wildman–Crippen LogP) is 5.06. The molecule has 1 aromatic rings. The quantitative estimate of drug-likeness (QED) is 0.584. The lowest BCUT2D eigenvalue weighted by molar-refractivity contribution is 0.301. The number of hydrogen-bond acceptors (Lipinski definition) is 4. The fourth-order valence-electron chi connectivity index (χ4n) is 2.76. The number of rotatable bonds is 8. The van der Waals surface area contributed by atoms with Gasteiger partial charge in [0.05, 0.1) is 0 Å². The molecule has 0 saturated carbocycles. The third-order valence-electron chi connectivity index (χ3n) is 2.64. The molecule has 0 amide bonds. The van der Waals surface area contributed by atoms with E-state index >= 15 is 0 Å². The molecule has 0 heterocycles. The van der Waals surface area contributed by atoms with Crippen LogP contribution < -0.4 is 4.43 Å². The van der Waals surface area contributed by atoms with Crippen LogP contribution in [0.1, 0.15) is 0 Å². The van der Waals surface area contributed by atoms with E-state index in [1.54, 1.807) is 0 Å². The van der Waals surface area contributed by atoms with Crippen LogP contribution in [0.5, 0.6) is 5.75 Å². The molecule has 0 fully saturated rings. The van der Waals surface area contributed by atoms with E-state index in [4.69, 9.17) is 16.8 Å². The molecule has 1 rings (SSSR count). The molecule has 1 aromatic carbocycles. The molecule has 132 valence electrons. The Morgan fingerprint density at radius 3 is 1.48 bits per heavy atom. The molecule has 0 aliphatic heterocycles. The van der Waals surface area contributed by atoms with E-state index in [0.29, 0.717) is 0 Å². The molecule has 23 heavy (non-hydrogen) atoms. The Morgan fingerprint density at radius 1 is 0.565 bits per heavy atom. The van der Waals surface area contributed by atoms with Crippen molar-refractivity contribution in [3.8, 4) is 5.75 Å².